The molecule has 1 amide bonds. The number of nitrogens with zero attached hydrogens (tertiary/aromatic N) is 1. The molecular weight excluding hydrogens is 495 g/mol. The zero-order chi connectivity index (χ0) is 26.9. The van der Waals surface area contributed by atoms with Crippen molar-refractivity contribution in [3.05, 3.63) is 86.5 Å². The van der Waals surface area contributed by atoms with Crippen molar-refractivity contribution in [3.63, 3.8) is 0 Å². The van der Waals surface area contributed by atoms with E-state index in [1.165, 1.54) is 12.1 Å². The number of halogens is 2. The molecular formula is C29H30ClFN2O4. The minimum atomic E-state index is -0.851. The quantitative estimate of drug-likeness (QED) is 0.347. The lowest BCUT2D eigenvalue weighted by Crippen LogP contribution is -2.29. The van der Waals surface area contributed by atoms with E-state index in [1.807, 2.05) is 37.6 Å². The van der Waals surface area contributed by atoms with Crippen molar-refractivity contribution in [2.24, 2.45) is 7.05 Å². The van der Waals surface area contributed by atoms with Crippen molar-refractivity contribution >= 4 is 29.6 Å². The van der Waals surface area contributed by atoms with Crippen LogP contribution < -0.4 is 10.1 Å². The summed E-state index contributed by atoms with van der Waals surface area (Å²) in [6.45, 7) is 5.59. The fraction of sp³-hybridized carbons (Fsp3) is 0.310. The highest BCUT2D eigenvalue weighted by Gasteiger charge is 2.25. The average molecular weight is 525 g/mol. The molecule has 8 heteroatoms. The summed E-state index contributed by atoms with van der Waals surface area (Å²) in [5, 5.41) is 12.7. The molecule has 0 saturated carbocycles. The Morgan fingerprint density at radius 3 is 2.62 bits per heavy atom. The number of carbonyl (C=O) groups excluding carboxylic acids is 1. The second-order valence-corrected chi connectivity index (χ2v) is 9.97. The van der Waals surface area contributed by atoms with Crippen LogP contribution in [0.25, 0.3) is 6.08 Å². The number of rotatable bonds is 8. The van der Waals surface area contributed by atoms with Crippen LogP contribution in [0.5, 0.6) is 11.5 Å². The third-order valence-electron chi connectivity index (χ3n) is 6.83. The minimum Gasteiger partial charge on any atom is -0.481 e. The first-order valence-corrected chi connectivity index (χ1v) is 12.6. The molecule has 1 aliphatic carbocycles. The summed E-state index contributed by atoms with van der Waals surface area (Å²) < 4.78 is 22.3. The molecule has 194 valence electrons. The van der Waals surface area contributed by atoms with Gasteiger partial charge in [-0.25, -0.2) is 4.39 Å². The van der Waals surface area contributed by atoms with Gasteiger partial charge in [-0.2, -0.15) is 0 Å². The lowest BCUT2D eigenvalue weighted by molar-refractivity contribution is -0.136. The molecule has 0 radical (unpaired) electrons. The molecule has 6 nitrogen and oxygen atoms in total. The van der Waals surface area contributed by atoms with E-state index in [9.17, 15) is 14.0 Å². The van der Waals surface area contributed by atoms with Gasteiger partial charge in [0.25, 0.3) is 5.91 Å². The molecule has 4 rings (SSSR count). The van der Waals surface area contributed by atoms with Crippen LogP contribution in [0.15, 0.2) is 41.4 Å². The predicted molar refractivity (Wildman–Crippen MR) is 142 cm³/mol. The van der Waals surface area contributed by atoms with Crippen molar-refractivity contribution in [3.8, 4) is 11.5 Å². The van der Waals surface area contributed by atoms with Gasteiger partial charge in [-0.1, -0.05) is 17.7 Å². The van der Waals surface area contributed by atoms with Gasteiger partial charge < -0.3 is 19.7 Å². The number of aryl methyl sites for hydroxylation is 2. The highest BCUT2D eigenvalue weighted by Crippen LogP contribution is 2.33. The Morgan fingerprint density at radius 2 is 1.92 bits per heavy atom. The predicted octanol–water partition coefficient (Wildman–Crippen LogP) is 6.61. The first kappa shape index (κ1) is 26.5. The summed E-state index contributed by atoms with van der Waals surface area (Å²) in [4.78, 5) is 24.1. The number of nitrogens with one attached hydrogen (secondary N) is 1. The van der Waals surface area contributed by atoms with Crippen LogP contribution in [-0.4, -0.2) is 21.6 Å². The van der Waals surface area contributed by atoms with Gasteiger partial charge in [-0.15, -0.1) is 0 Å². The van der Waals surface area contributed by atoms with E-state index in [4.69, 9.17) is 21.4 Å². The molecule has 1 atom stereocenters. The van der Waals surface area contributed by atoms with E-state index < -0.39 is 17.8 Å². The van der Waals surface area contributed by atoms with Gasteiger partial charge in [-0.05, 0) is 92.6 Å². The Bertz CT molecular complexity index is 1410. The first-order chi connectivity index (χ1) is 17.5. The molecule has 0 aliphatic heterocycles. The van der Waals surface area contributed by atoms with Crippen LogP contribution in [0.4, 0.5) is 4.39 Å². The summed E-state index contributed by atoms with van der Waals surface area (Å²) >= 11 is 6.23. The molecule has 2 aromatic carbocycles. The normalized spacial score (nSPS) is 13.5. The minimum absolute atomic E-state index is 0.0489. The van der Waals surface area contributed by atoms with E-state index in [1.54, 1.807) is 25.1 Å². The summed E-state index contributed by atoms with van der Waals surface area (Å²) in [5.74, 6) is -0.753. The summed E-state index contributed by atoms with van der Waals surface area (Å²) in [7, 11) is 1.88. The van der Waals surface area contributed by atoms with E-state index in [0.29, 0.717) is 29.2 Å². The second kappa shape index (κ2) is 10.8. The fourth-order valence-electron chi connectivity index (χ4n) is 4.83. The van der Waals surface area contributed by atoms with Crippen LogP contribution in [0.2, 0.25) is 0 Å². The molecule has 1 aromatic heterocycles. The topological polar surface area (TPSA) is 80.6 Å². The molecule has 1 aliphatic rings. The molecule has 0 unspecified atom stereocenters. The number of hydrogen-bond donors (Lipinski definition) is 2. The second-order valence-electron chi connectivity index (χ2n) is 9.48. The number of ether oxygens (including phenoxy) is 1. The fourth-order valence-corrected chi connectivity index (χ4v) is 5.03. The number of carbonyl (C=O) groups is 2. The number of hydrogen-bond acceptors (Lipinski definition) is 3. The monoisotopic (exact) mass is 524 g/mol. The molecule has 0 bridgehead atoms. The number of carboxylic acids is 1. The molecule has 0 fully saturated rings. The van der Waals surface area contributed by atoms with Gasteiger partial charge in [0.1, 0.15) is 23.0 Å². The SMILES string of the molecule is Cc1cc(Oc2cc(F)cc([C@H](C)NC(=O)c3c(C)c4c(n3C)CCC(Cl)=C4)c2)ccc1CCC(=O)O. The zero-order valence-electron chi connectivity index (χ0n) is 21.3. The number of benzene rings is 2. The van der Waals surface area contributed by atoms with E-state index in [0.717, 1.165) is 45.8 Å². The van der Waals surface area contributed by atoms with Crippen molar-refractivity contribution in [2.75, 3.05) is 0 Å². The van der Waals surface area contributed by atoms with Crippen molar-refractivity contribution in [2.45, 2.75) is 52.5 Å². The lowest BCUT2D eigenvalue weighted by atomic mass is 10.0. The Hall–Kier alpha value is -3.58. The van der Waals surface area contributed by atoms with E-state index in [-0.39, 0.29) is 12.3 Å². The van der Waals surface area contributed by atoms with Crippen LogP contribution in [-0.2, 0) is 24.7 Å². The molecule has 1 heterocycles. The maximum Gasteiger partial charge on any atom is 0.303 e. The molecule has 0 spiro atoms. The van der Waals surface area contributed by atoms with Crippen molar-refractivity contribution in [1.29, 1.82) is 0 Å². The summed E-state index contributed by atoms with van der Waals surface area (Å²) in [6, 6.07) is 9.25. The van der Waals surface area contributed by atoms with Crippen molar-refractivity contribution in [1.82, 2.24) is 9.88 Å². The maximum atomic E-state index is 14.5. The molecule has 3 aromatic rings. The standard InChI is InChI=1S/C29H30ClFN2O4/c1-16-11-23(8-5-19(16)6-10-27(34)35)37-24-13-20(12-22(31)15-24)18(3)32-29(36)28-17(2)25-14-21(30)7-9-26(25)33(28)4/h5,8,11-15,18H,6-7,9-10H2,1-4H3,(H,32,36)(H,34,35)/t18-/m0/s1. The van der Waals surface area contributed by atoms with Gasteiger partial charge in [0.15, 0.2) is 0 Å². The molecule has 2 N–H and O–H groups in total. The number of aliphatic carboxylic acids is 1. The van der Waals surface area contributed by atoms with E-state index in [2.05, 4.69) is 5.32 Å². The van der Waals surface area contributed by atoms with E-state index >= 15 is 0 Å². The lowest BCUT2D eigenvalue weighted by Gasteiger charge is -2.17. The smallest absolute Gasteiger partial charge is 0.303 e. The van der Waals surface area contributed by atoms with Crippen LogP contribution >= 0.6 is 11.6 Å². The van der Waals surface area contributed by atoms with Gasteiger partial charge in [0.2, 0.25) is 0 Å². The summed E-state index contributed by atoms with van der Waals surface area (Å²) in [5.41, 5.74) is 5.87. The number of carboxylic acid groups (broad SMARTS) is 1. The van der Waals surface area contributed by atoms with Gasteiger partial charge in [-0.3, -0.25) is 9.59 Å². The molecule has 37 heavy (non-hydrogen) atoms. The van der Waals surface area contributed by atoms with Gasteiger partial charge in [0, 0.05) is 35.8 Å². The number of amides is 1. The number of aromatic nitrogens is 1. The van der Waals surface area contributed by atoms with Gasteiger partial charge in [0.05, 0.1) is 6.04 Å². The van der Waals surface area contributed by atoms with Gasteiger partial charge >= 0.3 is 5.97 Å². The maximum absolute atomic E-state index is 14.5. The Labute approximate surface area is 220 Å². The Kier molecular flexibility index (Phi) is 7.73. The highest BCUT2D eigenvalue weighted by atomic mass is 35.5. The van der Waals surface area contributed by atoms with Crippen molar-refractivity contribution < 1.29 is 23.8 Å². The van der Waals surface area contributed by atoms with Crippen LogP contribution in [0.3, 0.4) is 0 Å². The largest absolute Gasteiger partial charge is 0.481 e. The Morgan fingerprint density at radius 1 is 1.16 bits per heavy atom. The number of allylic oxidation sites excluding steroid dienone is 1. The summed E-state index contributed by atoms with van der Waals surface area (Å²) in [6.07, 6.45) is 3.92. The van der Waals surface area contributed by atoms with Crippen LogP contribution in [0, 0.1) is 19.7 Å². The number of fused-ring (bicyclic) bond motifs is 1. The third-order valence-corrected chi connectivity index (χ3v) is 7.12. The Balaban J connectivity index is 1.51. The third kappa shape index (κ3) is 5.88. The first-order valence-electron chi connectivity index (χ1n) is 12.2. The molecule has 0 saturated heterocycles. The van der Waals surface area contributed by atoms with Crippen LogP contribution in [0.1, 0.15) is 69.8 Å². The average Bonchev–Trinajstić information content (AvgIpc) is 3.07. The zero-order valence-corrected chi connectivity index (χ0v) is 22.1. The highest BCUT2D eigenvalue weighted by molar-refractivity contribution is 6.31.